The smallest absolute Gasteiger partial charge is 0.379 e. The summed E-state index contributed by atoms with van der Waals surface area (Å²) >= 11 is 0. The van der Waals surface area contributed by atoms with Crippen molar-refractivity contribution in [1.82, 2.24) is 4.90 Å². The molecule has 1 fully saturated rings. The molecule has 0 atom stereocenters. The van der Waals surface area contributed by atoms with Gasteiger partial charge in [-0.1, -0.05) is 8.41 Å². The van der Waals surface area contributed by atoms with Crippen LogP contribution in [0.1, 0.15) is 0 Å². The second-order valence-corrected chi connectivity index (χ2v) is 1.92. The Hall–Kier alpha value is 0.985. The van der Waals surface area contributed by atoms with E-state index < -0.39 is 0 Å². The SMILES string of the molecule is CN1CCOCC1.[BH4-].[Na+]. The van der Waals surface area contributed by atoms with Crippen LogP contribution in [0.5, 0.6) is 0 Å². The molecule has 0 N–H and O–H groups in total. The first-order valence-electron chi connectivity index (χ1n) is 2.66. The van der Waals surface area contributed by atoms with Crippen LogP contribution in [0.25, 0.3) is 0 Å². The van der Waals surface area contributed by atoms with E-state index in [2.05, 4.69) is 11.9 Å². The second kappa shape index (κ2) is 7.10. The number of rotatable bonds is 0. The van der Waals surface area contributed by atoms with Gasteiger partial charge in [-0.25, -0.2) is 0 Å². The summed E-state index contributed by atoms with van der Waals surface area (Å²) in [6.07, 6.45) is 0. The molecule has 0 aromatic rings. The zero-order valence-electron chi connectivity index (χ0n) is 5.68. The summed E-state index contributed by atoms with van der Waals surface area (Å²) in [5, 5.41) is 0. The van der Waals surface area contributed by atoms with Crippen LogP contribution >= 0.6 is 0 Å². The largest absolute Gasteiger partial charge is 1.00 e. The zero-order chi connectivity index (χ0) is 5.11. The standard InChI is InChI=1S/C5H11NO.BH4.Na/c1-6-2-4-7-5-3-6;;/h2-5H2,1H3;1H4;/q;-1;+1. The van der Waals surface area contributed by atoms with Crippen molar-refractivity contribution in [3.05, 3.63) is 0 Å². The molecule has 1 aliphatic rings. The Morgan fingerprint density at radius 3 is 1.89 bits per heavy atom. The third-order valence-electron chi connectivity index (χ3n) is 1.23. The molecule has 1 heterocycles. The molecule has 9 heavy (non-hydrogen) atoms. The fraction of sp³-hybridized carbons (Fsp3) is 1.00. The van der Waals surface area contributed by atoms with Crippen LogP contribution in [0.3, 0.4) is 0 Å². The molecule has 0 unspecified atom stereocenters. The summed E-state index contributed by atoms with van der Waals surface area (Å²) in [5.74, 6) is 0. The van der Waals surface area contributed by atoms with Gasteiger partial charge in [0.2, 0.25) is 0 Å². The van der Waals surface area contributed by atoms with Crippen LogP contribution in [0.4, 0.5) is 0 Å². The van der Waals surface area contributed by atoms with Crippen LogP contribution in [0.15, 0.2) is 0 Å². The summed E-state index contributed by atoms with van der Waals surface area (Å²) in [6, 6.07) is 0. The molecule has 1 aliphatic heterocycles. The van der Waals surface area contributed by atoms with E-state index in [0.717, 1.165) is 26.3 Å². The topological polar surface area (TPSA) is 12.5 Å². The first-order chi connectivity index (χ1) is 3.39. The molecular formula is C5H15BNNaO. The predicted octanol–water partition coefficient (Wildman–Crippen LogP) is -4.50. The maximum absolute atomic E-state index is 5.10. The maximum Gasteiger partial charge on any atom is 1.00 e. The van der Waals surface area contributed by atoms with Gasteiger partial charge in [0, 0.05) is 13.1 Å². The Balaban J connectivity index is 0. The Bertz CT molecular complexity index is 58.9. The maximum atomic E-state index is 5.10. The third kappa shape index (κ3) is 5.43. The first kappa shape index (κ1) is 12.6. The van der Waals surface area contributed by atoms with E-state index in [1.54, 1.807) is 0 Å². The fourth-order valence-corrected chi connectivity index (χ4v) is 0.655. The Morgan fingerprint density at radius 1 is 1.22 bits per heavy atom. The predicted molar refractivity (Wildman–Crippen MR) is 39.6 cm³/mol. The van der Waals surface area contributed by atoms with E-state index in [-0.39, 0.29) is 38.0 Å². The minimum Gasteiger partial charge on any atom is -0.379 e. The number of nitrogens with zero attached hydrogens (tertiary/aromatic N) is 1. The van der Waals surface area contributed by atoms with Crippen molar-refractivity contribution in [3.63, 3.8) is 0 Å². The molecule has 0 aromatic carbocycles. The molecule has 1 saturated heterocycles. The molecule has 0 spiro atoms. The van der Waals surface area contributed by atoms with Crippen molar-refractivity contribution >= 4 is 8.41 Å². The van der Waals surface area contributed by atoms with Gasteiger partial charge < -0.3 is 9.64 Å². The van der Waals surface area contributed by atoms with Crippen LogP contribution in [-0.4, -0.2) is 46.7 Å². The van der Waals surface area contributed by atoms with Gasteiger partial charge in [0.15, 0.2) is 0 Å². The summed E-state index contributed by atoms with van der Waals surface area (Å²) in [5.41, 5.74) is 0. The molecule has 0 amide bonds. The van der Waals surface area contributed by atoms with Gasteiger partial charge in [0.25, 0.3) is 0 Å². The van der Waals surface area contributed by atoms with E-state index in [1.165, 1.54) is 0 Å². The quantitative estimate of drug-likeness (QED) is 0.313. The van der Waals surface area contributed by atoms with Crippen LogP contribution in [0.2, 0.25) is 0 Å². The summed E-state index contributed by atoms with van der Waals surface area (Å²) in [7, 11) is 2.11. The van der Waals surface area contributed by atoms with Crippen molar-refractivity contribution in [2.45, 2.75) is 0 Å². The third-order valence-corrected chi connectivity index (χ3v) is 1.23. The average molecular weight is 139 g/mol. The van der Waals surface area contributed by atoms with E-state index >= 15 is 0 Å². The van der Waals surface area contributed by atoms with Gasteiger partial charge in [-0.15, -0.1) is 0 Å². The van der Waals surface area contributed by atoms with Gasteiger partial charge in [-0.3, -0.25) is 0 Å². The molecule has 4 heteroatoms. The number of ether oxygens (including phenoxy) is 1. The van der Waals surface area contributed by atoms with Gasteiger partial charge in [-0.2, -0.15) is 0 Å². The van der Waals surface area contributed by atoms with Gasteiger partial charge in [-0.05, 0) is 7.05 Å². The van der Waals surface area contributed by atoms with Crippen molar-refractivity contribution < 1.29 is 34.3 Å². The molecule has 1 rings (SSSR count). The van der Waals surface area contributed by atoms with E-state index in [4.69, 9.17) is 4.74 Å². The van der Waals surface area contributed by atoms with Crippen LogP contribution < -0.4 is 29.6 Å². The van der Waals surface area contributed by atoms with Crippen molar-refractivity contribution in [3.8, 4) is 0 Å². The van der Waals surface area contributed by atoms with E-state index in [1.807, 2.05) is 0 Å². The summed E-state index contributed by atoms with van der Waals surface area (Å²) in [6.45, 7) is 4.02. The number of hydrogen-bond donors (Lipinski definition) is 0. The Morgan fingerprint density at radius 2 is 1.67 bits per heavy atom. The Labute approximate surface area is 80.8 Å². The monoisotopic (exact) mass is 139 g/mol. The minimum absolute atomic E-state index is 0. The van der Waals surface area contributed by atoms with Gasteiger partial charge >= 0.3 is 29.6 Å². The van der Waals surface area contributed by atoms with Crippen LogP contribution in [-0.2, 0) is 4.74 Å². The molecule has 0 aromatic heterocycles. The summed E-state index contributed by atoms with van der Waals surface area (Å²) in [4.78, 5) is 2.27. The number of morpholine rings is 1. The zero-order valence-corrected chi connectivity index (χ0v) is 7.68. The second-order valence-electron chi connectivity index (χ2n) is 1.92. The molecule has 0 radical (unpaired) electrons. The number of likely N-dealkylation sites (N-methyl/N-ethyl adjacent to an activating group) is 1. The molecule has 0 bridgehead atoms. The molecular weight excluding hydrogens is 124 g/mol. The molecule has 2 nitrogen and oxygen atoms in total. The van der Waals surface area contributed by atoms with Crippen molar-refractivity contribution in [1.29, 1.82) is 0 Å². The molecule has 0 saturated carbocycles. The van der Waals surface area contributed by atoms with Crippen LogP contribution in [0, 0.1) is 0 Å². The normalized spacial score (nSPS) is 19.7. The van der Waals surface area contributed by atoms with Crippen molar-refractivity contribution in [2.24, 2.45) is 0 Å². The molecule has 50 valence electrons. The molecule has 0 aliphatic carbocycles. The van der Waals surface area contributed by atoms with Gasteiger partial charge in [0.1, 0.15) is 0 Å². The minimum atomic E-state index is 0. The number of hydrogen-bond acceptors (Lipinski definition) is 2. The van der Waals surface area contributed by atoms with E-state index in [9.17, 15) is 0 Å². The first-order valence-corrected chi connectivity index (χ1v) is 2.66. The van der Waals surface area contributed by atoms with Crippen molar-refractivity contribution in [2.75, 3.05) is 33.4 Å². The fourth-order valence-electron chi connectivity index (χ4n) is 0.655. The summed E-state index contributed by atoms with van der Waals surface area (Å²) < 4.78 is 5.10. The van der Waals surface area contributed by atoms with Gasteiger partial charge in [0.05, 0.1) is 13.2 Å². The average Bonchev–Trinajstić information content (AvgIpc) is 1.69. The van der Waals surface area contributed by atoms with E-state index in [0.29, 0.717) is 0 Å². The Kier molecular flexibility index (Phi) is 9.97.